The van der Waals surface area contributed by atoms with Crippen molar-refractivity contribution in [3.63, 3.8) is 0 Å². The van der Waals surface area contributed by atoms with Crippen LogP contribution in [0.3, 0.4) is 0 Å². The summed E-state index contributed by atoms with van der Waals surface area (Å²) in [5.41, 5.74) is 1.07. The maximum absolute atomic E-state index is 13.5. The lowest BCUT2D eigenvalue weighted by atomic mass is 10.1. The van der Waals surface area contributed by atoms with Crippen molar-refractivity contribution in [3.05, 3.63) is 65.3 Å². The SMILES string of the molecule is Fc1cc2c(OC(CCCl)c3ccccc3)cccc2s1. The summed E-state index contributed by atoms with van der Waals surface area (Å²) in [6, 6.07) is 17.1. The topological polar surface area (TPSA) is 9.23 Å². The predicted molar refractivity (Wildman–Crippen MR) is 86.9 cm³/mol. The Morgan fingerprint density at radius 1 is 1.10 bits per heavy atom. The van der Waals surface area contributed by atoms with Crippen molar-refractivity contribution in [1.82, 2.24) is 0 Å². The minimum atomic E-state index is -0.199. The number of hydrogen-bond acceptors (Lipinski definition) is 2. The van der Waals surface area contributed by atoms with Crippen molar-refractivity contribution in [2.75, 3.05) is 5.88 Å². The molecule has 0 spiro atoms. The summed E-state index contributed by atoms with van der Waals surface area (Å²) < 4.78 is 20.5. The van der Waals surface area contributed by atoms with Crippen LogP contribution in [-0.4, -0.2) is 5.88 Å². The molecule has 1 nitrogen and oxygen atoms in total. The molecule has 0 bridgehead atoms. The molecule has 1 unspecified atom stereocenters. The van der Waals surface area contributed by atoms with Gasteiger partial charge in [0.1, 0.15) is 11.9 Å². The van der Waals surface area contributed by atoms with Gasteiger partial charge in [-0.2, -0.15) is 4.39 Å². The number of ether oxygens (including phenoxy) is 1. The first-order valence-electron chi connectivity index (χ1n) is 6.73. The van der Waals surface area contributed by atoms with E-state index in [-0.39, 0.29) is 11.2 Å². The lowest BCUT2D eigenvalue weighted by Crippen LogP contribution is -2.08. The summed E-state index contributed by atoms with van der Waals surface area (Å²) in [5, 5.41) is 0.616. The van der Waals surface area contributed by atoms with Gasteiger partial charge in [0.25, 0.3) is 0 Å². The number of rotatable bonds is 5. The minimum absolute atomic E-state index is 0.128. The van der Waals surface area contributed by atoms with Crippen LogP contribution >= 0.6 is 22.9 Å². The molecule has 0 aliphatic rings. The van der Waals surface area contributed by atoms with E-state index >= 15 is 0 Å². The van der Waals surface area contributed by atoms with Gasteiger partial charge < -0.3 is 4.74 Å². The lowest BCUT2D eigenvalue weighted by Gasteiger charge is -2.19. The van der Waals surface area contributed by atoms with Crippen LogP contribution in [0.1, 0.15) is 18.1 Å². The molecule has 0 radical (unpaired) electrons. The zero-order valence-corrected chi connectivity index (χ0v) is 12.8. The Morgan fingerprint density at radius 3 is 2.67 bits per heavy atom. The summed E-state index contributed by atoms with van der Waals surface area (Å²) in [6.45, 7) is 0. The minimum Gasteiger partial charge on any atom is -0.485 e. The number of alkyl halides is 1. The first-order chi connectivity index (χ1) is 10.3. The third kappa shape index (κ3) is 3.20. The van der Waals surface area contributed by atoms with E-state index in [2.05, 4.69) is 0 Å². The van der Waals surface area contributed by atoms with Gasteiger partial charge in [-0.15, -0.1) is 22.9 Å². The Labute approximate surface area is 131 Å². The standard InChI is InChI=1S/C17H14ClFOS/c18-10-9-14(12-5-2-1-3-6-12)20-15-7-4-8-16-13(15)11-17(19)21-16/h1-8,11,14H,9-10H2. The van der Waals surface area contributed by atoms with E-state index in [0.717, 1.165) is 27.0 Å². The molecule has 0 N–H and O–H groups in total. The molecule has 3 aromatic rings. The van der Waals surface area contributed by atoms with Crippen molar-refractivity contribution in [2.24, 2.45) is 0 Å². The van der Waals surface area contributed by atoms with Crippen LogP contribution < -0.4 is 4.74 Å². The highest BCUT2D eigenvalue weighted by molar-refractivity contribution is 7.17. The molecule has 4 heteroatoms. The summed E-state index contributed by atoms with van der Waals surface area (Å²) >= 11 is 7.03. The van der Waals surface area contributed by atoms with Crippen LogP contribution in [0.25, 0.3) is 10.1 Å². The van der Waals surface area contributed by atoms with Gasteiger partial charge in [0.05, 0.1) is 0 Å². The summed E-state index contributed by atoms with van der Waals surface area (Å²) in [7, 11) is 0. The fraction of sp³-hybridized carbons (Fsp3) is 0.176. The van der Waals surface area contributed by atoms with E-state index in [1.54, 1.807) is 0 Å². The van der Waals surface area contributed by atoms with Crippen molar-refractivity contribution < 1.29 is 9.13 Å². The second kappa shape index (κ2) is 6.46. The molecule has 0 aliphatic carbocycles. The average molecular weight is 321 g/mol. The van der Waals surface area contributed by atoms with E-state index in [9.17, 15) is 4.39 Å². The molecule has 0 amide bonds. The molecule has 3 rings (SSSR count). The number of benzene rings is 2. The average Bonchev–Trinajstić information content (AvgIpc) is 2.89. The third-order valence-electron chi connectivity index (χ3n) is 3.30. The van der Waals surface area contributed by atoms with Gasteiger partial charge in [-0.05, 0) is 23.8 Å². The molecule has 1 heterocycles. The molecule has 21 heavy (non-hydrogen) atoms. The molecular weight excluding hydrogens is 307 g/mol. The Balaban J connectivity index is 1.94. The van der Waals surface area contributed by atoms with Gasteiger partial charge in [0, 0.05) is 22.4 Å². The third-order valence-corrected chi connectivity index (χ3v) is 4.41. The number of fused-ring (bicyclic) bond motifs is 1. The van der Waals surface area contributed by atoms with Crippen LogP contribution in [0.15, 0.2) is 54.6 Å². The fourth-order valence-electron chi connectivity index (χ4n) is 2.32. The monoisotopic (exact) mass is 320 g/mol. The molecule has 2 aromatic carbocycles. The van der Waals surface area contributed by atoms with E-state index < -0.39 is 0 Å². The number of thiophene rings is 1. The van der Waals surface area contributed by atoms with Crippen molar-refractivity contribution in [2.45, 2.75) is 12.5 Å². The smallest absolute Gasteiger partial charge is 0.177 e. The van der Waals surface area contributed by atoms with Crippen LogP contribution in [-0.2, 0) is 0 Å². The van der Waals surface area contributed by atoms with E-state index in [4.69, 9.17) is 16.3 Å². The molecule has 0 saturated heterocycles. The Kier molecular flexibility index (Phi) is 4.42. The van der Waals surface area contributed by atoms with Crippen LogP contribution in [0.2, 0.25) is 0 Å². The molecule has 0 saturated carbocycles. The quantitative estimate of drug-likeness (QED) is 0.541. The summed E-state index contributed by atoms with van der Waals surface area (Å²) in [5.74, 6) is 1.21. The van der Waals surface area contributed by atoms with Crippen molar-refractivity contribution in [1.29, 1.82) is 0 Å². The van der Waals surface area contributed by atoms with Gasteiger partial charge in [0.15, 0.2) is 5.13 Å². The lowest BCUT2D eigenvalue weighted by molar-refractivity contribution is 0.205. The molecule has 0 fully saturated rings. The first-order valence-corrected chi connectivity index (χ1v) is 8.08. The maximum Gasteiger partial charge on any atom is 0.177 e. The van der Waals surface area contributed by atoms with Gasteiger partial charge in [-0.1, -0.05) is 36.4 Å². The predicted octanol–water partition coefficient (Wildman–Crippen LogP) is 5.79. The highest BCUT2D eigenvalue weighted by Gasteiger charge is 2.15. The van der Waals surface area contributed by atoms with Gasteiger partial charge >= 0.3 is 0 Å². The van der Waals surface area contributed by atoms with Gasteiger partial charge in [-0.3, -0.25) is 0 Å². The van der Waals surface area contributed by atoms with Gasteiger partial charge in [0.2, 0.25) is 0 Å². The summed E-state index contributed by atoms with van der Waals surface area (Å²) in [4.78, 5) is 0. The van der Waals surface area contributed by atoms with E-state index in [0.29, 0.717) is 18.1 Å². The second-order valence-electron chi connectivity index (χ2n) is 4.71. The zero-order valence-electron chi connectivity index (χ0n) is 11.3. The molecule has 108 valence electrons. The second-order valence-corrected chi connectivity index (χ2v) is 6.13. The maximum atomic E-state index is 13.5. The van der Waals surface area contributed by atoms with Crippen LogP contribution in [0.5, 0.6) is 5.75 Å². The number of halogens is 2. The van der Waals surface area contributed by atoms with Crippen LogP contribution in [0.4, 0.5) is 4.39 Å². The Hall–Kier alpha value is -1.58. The van der Waals surface area contributed by atoms with Crippen molar-refractivity contribution in [3.8, 4) is 5.75 Å². The Bertz CT molecular complexity index is 726. The summed E-state index contributed by atoms with van der Waals surface area (Å²) in [6.07, 6.45) is 0.575. The highest BCUT2D eigenvalue weighted by atomic mass is 35.5. The van der Waals surface area contributed by atoms with Crippen LogP contribution in [0, 0.1) is 5.13 Å². The molecule has 1 aromatic heterocycles. The van der Waals surface area contributed by atoms with Crippen molar-refractivity contribution >= 4 is 33.0 Å². The highest BCUT2D eigenvalue weighted by Crippen LogP contribution is 2.35. The first kappa shape index (κ1) is 14.4. The largest absolute Gasteiger partial charge is 0.485 e. The Morgan fingerprint density at radius 2 is 1.90 bits per heavy atom. The normalized spacial score (nSPS) is 12.5. The molecule has 1 atom stereocenters. The molecular formula is C17H14ClFOS. The fourth-order valence-corrected chi connectivity index (χ4v) is 3.32. The van der Waals surface area contributed by atoms with Gasteiger partial charge in [-0.25, -0.2) is 0 Å². The van der Waals surface area contributed by atoms with E-state index in [1.807, 2.05) is 48.5 Å². The molecule has 0 aliphatic heterocycles. The number of hydrogen-bond donors (Lipinski definition) is 0. The van der Waals surface area contributed by atoms with E-state index in [1.165, 1.54) is 6.07 Å². The zero-order chi connectivity index (χ0) is 14.7.